The summed E-state index contributed by atoms with van der Waals surface area (Å²) < 4.78 is 17.6. The number of likely N-dealkylation sites (N-methyl/N-ethyl adjacent to an activating group) is 1. The first-order chi connectivity index (χ1) is 13.0. The van der Waals surface area contributed by atoms with Crippen molar-refractivity contribution in [2.75, 3.05) is 48.0 Å². The van der Waals surface area contributed by atoms with E-state index in [0.717, 1.165) is 24.1 Å². The van der Waals surface area contributed by atoms with Gasteiger partial charge in [-0.05, 0) is 25.7 Å². The van der Waals surface area contributed by atoms with E-state index in [1.807, 2.05) is 0 Å². The highest BCUT2D eigenvalue weighted by Crippen LogP contribution is 2.38. The van der Waals surface area contributed by atoms with Crippen LogP contribution in [0.2, 0.25) is 0 Å². The van der Waals surface area contributed by atoms with Crippen LogP contribution in [0.3, 0.4) is 0 Å². The Morgan fingerprint density at radius 2 is 1.22 bits per heavy atom. The van der Waals surface area contributed by atoms with Crippen LogP contribution in [0.4, 0.5) is 0 Å². The molecule has 1 atom stereocenters. The molecular formula is C22H47NO3P+. The molecule has 0 N–H and O–H groups in total. The van der Waals surface area contributed by atoms with Crippen LogP contribution >= 0.6 is 8.60 Å². The smallest absolute Gasteiger partial charge is 0.329 e. The number of nitrogens with zero attached hydrogens (tertiary/aromatic N) is 1. The first-order valence-corrected chi connectivity index (χ1v) is 12.1. The number of rotatable bonds is 20. The van der Waals surface area contributed by atoms with Gasteiger partial charge < -0.3 is 18.1 Å². The van der Waals surface area contributed by atoms with Gasteiger partial charge in [-0.15, -0.1) is 0 Å². The van der Waals surface area contributed by atoms with Gasteiger partial charge in [-0.2, -0.15) is 0 Å². The molecule has 0 aromatic heterocycles. The zero-order chi connectivity index (χ0) is 20.2. The summed E-state index contributed by atoms with van der Waals surface area (Å²) in [5.74, 6) is 0. The number of unbranched alkanes of at least 4 members (excludes halogenated alkanes) is 10. The Morgan fingerprint density at radius 1 is 0.704 bits per heavy atom. The minimum absolute atomic E-state index is 0.678. The van der Waals surface area contributed by atoms with E-state index in [-0.39, 0.29) is 0 Å². The quantitative estimate of drug-likeness (QED) is 0.0960. The second-order valence-corrected chi connectivity index (χ2v) is 9.65. The van der Waals surface area contributed by atoms with Gasteiger partial charge in [0.15, 0.2) is 0 Å². The van der Waals surface area contributed by atoms with Crippen LogP contribution in [-0.2, 0) is 13.6 Å². The van der Waals surface area contributed by atoms with Crippen molar-refractivity contribution >= 4 is 8.60 Å². The molecule has 0 aliphatic carbocycles. The lowest BCUT2D eigenvalue weighted by molar-refractivity contribution is -0.870. The molecular weight excluding hydrogens is 357 g/mol. The second kappa shape index (κ2) is 19.3. The monoisotopic (exact) mass is 404 g/mol. The van der Waals surface area contributed by atoms with Crippen molar-refractivity contribution in [1.82, 2.24) is 0 Å². The maximum absolute atomic E-state index is 5.72. The van der Waals surface area contributed by atoms with E-state index in [1.165, 1.54) is 70.6 Å². The zero-order valence-corrected chi connectivity index (χ0v) is 19.8. The molecule has 0 aromatic carbocycles. The molecule has 1 unspecified atom stereocenters. The molecule has 0 bridgehead atoms. The van der Waals surface area contributed by atoms with E-state index in [4.69, 9.17) is 13.6 Å². The minimum Gasteiger partial charge on any atom is -0.329 e. The molecule has 0 fully saturated rings. The molecule has 0 rings (SSSR count). The molecule has 0 aromatic rings. The van der Waals surface area contributed by atoms with E-state index in [9.17, 15) is 0 Å². The molecule has 0 heterocycles. The molecule has 0 saturated heterocycles. The van der Waals surface area contributed by atoms with Crippen molar-refractivity contribution in [3.63, 3.8) is 0 Å². The Bertz CT molecular complexity index is 332. The summed E-state index contributed by atoms with van der Waals surface area (Å²) in [4.78, 5) is 0. The molecule has 0 spiro atoms. The van der Waals surface area contributed by atoms with Crippen molar-refractivity contribution < 1.29 is 18.1 Å². The predicted octanol–water partition coefficient (Wildman–Crippen LogP) is 6.86. The fourth-order valence-electron chi connectivity index (χ4n) is 2.65. The SMILES string of the molecule is CCCC/C=C\CCCCCCCCCCOP(OC)OCC[N+](C)(C)C. The van der Waals surface area contributed by atoms with Crippen LogP contribution in [0, 0.1) is 0 Å². The molecule has 27 heavy (non-hydrogen) atoms. The zero-order valence-electron chi connectivity index (χ0n) is 18.9. The van der Waals surface area contributed by atoms with Crippen LogP contribution in [0.5, 0.6) is 0 Å². The molecule has 0 amide bonds. The molecule has 0 radical (unpaired) electrons. The Balaban J connectivity index is 3.32. The molecule has 4 nitrogen and oxygen atoms in total. The van der Waals surface area contributed by atoms with Crippen LogP contribution in [-0.4, -0.2) is 52.5 Å². The third-order valence-electron chi connectivity index (χ3n) is 4.46. The van der Waals surface area contributed by atoms with Gasteiger partial charge in [0.25, 0.3) is 0 Å². The van der Waals surface area contributed by atoms with Gasteiger partial charge in [-0.1, -0.05) is 70.4 Å². The summed E-state index contributed by atoms with van der Waals surface area (Å²) in [6, 6.07) is 0. The largest absolute Gasteiger partial charge is 0.332 e. The normalized spacial score (nSPS) is 13.5. The van der Waals surface area contributed by atoms with E-state index < -0.39 is 8.60 Å². The van der Waals surface area contributed by atoms with Gasteiger partial charge in [0, 0.05) is 7.11 Å². The van der Waals surface area contributed by atoms with Crippen LogP contribution < -0.4 is 0 Å². The van der Waals surface area contributed by atoms with Crippen molar-refractivity contribution in [2.24, 2.45) is 0 Å². The average Bonchev–Trinajstić information content (AvgIpc) is 2.62. The van der Waals surface area contributed by atoms with Gasteiger partial charge in [0.2, 0.25) is 0 Å². The highest BCUT2D eigenvalue weighted by Gasteiger charge is 2.13. The second-order valence-electron chi connectivity index (χ2n) is 8.32. The van der Waals surface area contributed by atoms with Gasteiger partial charge in [0.1, 0.15) is 13.2 Å². The maximum Gasteiger partial charge on any atom is 0.332 e. The summed E-state index contributed by atoms with van der Waals surface area (Å²) in [6.45, 7) is 4.63. The predicted molar refractivity (Wildman–Crippen MR) is 119 cm³/mol. The topological polar surface area (TPSA) is 27.7 Å². The summed E-state index contributed by atoms with van der Waals surface area (Å²) in [7, 11) is 6.97. The third kappa shape index (κ3) is 22.2. The lowest BCUT2D eigenvalue weighted by Gasteiger charge is -2.24. The van der Waals surface area contributed by atoms with E-state index >= 15 is 0 Å². The van der Waals surface area contributed by atoms with E-state index in [0.29, 0.717) is 6.61 Å². The van der Waals surface area contributed by atoms with Gasteiger partial charge in [0.05, 0.1) is 27.7 Å². The fraction of sp³-hybridized carbons (Fsp3) is 0.909. The van der Waals surface area contributed by atoms with Crippen molar-refractivity contribution in [2.45, 2.75) is 84.0 Å². The molecule has 5 heteroatoms. The molecule has 0 aliphatic rings. The van der Waals surface area contributed by atoms with Gasteiger partial charge in [-0.3, -0.25) is 0 Å². The third-order valence-corrected chi connectivity index (χ3v) is 5.55. The van der Waals surface area contributed by atoms with Crippen LogP contribution in [0.15, 0.2) is 12.2 Å². The summed E-state index contributed by atoms with van der Waals surface area (Å²) in [6.07, 6.45) is 20.4. The lowest BCUT2D eigenvalue weighted by atomic mass is 10.1. The number of hydrogen-bond donors (Lipinski definition) is 0. The Morgan fingerprint density at radius 3 is 1.78 bits per heavy atom. The fourth-order valence-corrected chi connectivity index (χ4v) is 3.45. The van der Waals surface area contributed by atoms with E-state index in [1.54, 1.807) is 7.11 Å². The number of hydrogen-bond acceptors (Lipinski definition) is 3. The maximum atomic E-state index is 5.72. The number of quaternary nitrogens is 1. The molecule has 0 aliphatic heterocycles. The van der Waals surface area contributed by atoms with Crippen LogP contribution in [0.1, 0.15) is 84.0 Å². The standard InChI is InChI=1S/C22H47NO3P/c1-6-7-8-9-10-11-12-13-14-15-16-17-18-19-21-25-27(24-5)26-22-20-23(2,3)4/h9-10H,6-8,11-22H2,1-5H3/q+1/b10-9-. The highest BCUT2D eigenvalue weighted by molar-refractivity contribution is 7.41. The first kappa shape index (κ1) is 27.0. The molecule has 162 valence electrons. The Hall–Kier alpha value is 0.0100. The van der Waals surface area contributed by atoms with E-state index in [2.05, 4.69) is 40.2 Å². The average molecular weight is 405 g/mol. The van der Waals surface area contributed by atoms with Crippen molar-refractivity contribution in [3.05, 3.63) is 12.2 Å². The van der Waals surface area contributed by atoms with Crippen LogP contribution in [0.25, 0.3) is 0 Å². The minimum atomic E-state index is -1.17. The van der Waals surface area contributed by atoms with Gasteiger partial charge >= 0.3 is 8.60 Å². The highest BCUT2D eigenvalue weighted by atomic mass is 31.2. The number of allylic oxidation sites excluding steroid dienone is 2. The van der Waals surface area contributed by atoms with Gasteiger partial charge in [-0.25, -0.2) is 0 Å². The molecule has 0 saturated carbocycles. The first-order valence-electron chi connectivity index (χ1n) is 11.0. The van der Waals surface area contributed by atoms with Crippen molar-refractivity contribution in [3.8, 4) is 0 Å². The Labute approximate surface area is 171 Å². The Kier molecular flexibility index (Phi) is 19.3. The van der Waals surface area contributed by atoms with Crippen molar-refractivity contribution in [1.29, 1.82) is 0 Å². The summed E-state index contributed by atoms with van der Waals surface area (Å²) >= 11 is 0. The summed E-state index contributed by atoms with van der Waals surface area (Å²) in [5, 5.41) is 0. The lowest BCUT2D eigenvalue weighted by Crippen LogP contribution is -2.37. The summed E-state index contributed by atoms with van der Waals surface area (Å²) in [5.41, 5.74) is 0.